The highest BCUT2D eigenvalue weighted by molar-refractivity contribution is 5.35. The van der Waals surface area contributed by atoms with Gasteiger partial charge in [-0.1, -0.05) is 60.7 Å². The van der Waals surface area contributed by atoms with Gasteiger partial charge in [0.05, 0.1) is 0 Å². The Bertz CT molecular complexity index is 385. The maximum atomic E-state index is 6.14. The predicted octanol–water partition coefficient (Wildman–Crippen LogP) is 0.980. The summed E-state index contributed by atoms with van der Waals surface area (Å²) < 4.78 is 0. The van der Waals surface area contributed by atoms with Crippen LogP contribution in [0.25, 0.3) is 0 Å². The van der Waals surface area contributed by atoms with Crippen LogP contribution in [0.3, 0.4) is 0 Å². The third kappa shape index (κ3) is 2.28. The molecule has 6 N–H and O–H groups in total. The second-order valence-corrected chi connectivity index (χ2v) is 3.60. The van der Waals surface area contributed by atoms with E-state index in [0.717, 1.165) is 11.1 Å². The second kappa shape index (κ2) is 4.90. The van der Waals surface area contributed by atoms with Crippen molar-refractivity contribution < 1.29 is 5.48 Å². The summed E-state index contributed by atoms with van der Waals surface area (Å²) in [5, 5.41) is 0. The molecule has 3 heteroatoms. The Hall–Kier alpha value is -1.68. The third-order valence-electron chi connectivity index (χ3n) is 2.50. The van der Waals surface area contributed by atoms with E-state index in [0.29, 0.717) is 0 Å². The summed E-state index contributed by atoms with van der Waals surface area (Å²) >= 11 is 0. The molecule has 0 fully saturated rings. The smallest absolute Gasteiger partial charge is 0.116 e. The highest BCUT2D eigenvalue weighted by Gasteiger charge is 2.23. The van der Waals surface area contributed by atoms with Crippen LogP contribution in [0.2, 0.25) is 0 Å². The minimum absolute atomic E-state index is 0. The molecular weight excluding hydrogens is 200 g/mol. The van der Waals surface area contributed by atoms with Gasteiger partial charge in [-0.25, -0.2) is 0 Å². The quantitative estimate of drug-likeness (QED) is 0.733. The van der Waals surface area contributed by atoms with Crippen molar-refractivity contribution in [2.24, 2.45) is 11.5 Å². The Morgan fingerprint density at radius 1 is 0.625 bits per heavy atom. The second-order valence-electron chi connectivity index (χ2n) is 3.60. The van der Waals surface area contributed by atoms with E-state index >= 15 is 0 Å². The first-order valence-corrected chi connectivity index (χ1v) is 4.90. The van der Waals surface area contributed by atoms with Crippen molar-refractivity contribution in [3.8, 4) is 0 Å². The van der Waals surface area contributed by atoms with Crippen LogP contribution in [-0.2, 0) is 5.66 Å². The zero-order valence-corrected chi connectivity index (χ0v) is 8.93. The van der Waals surface area contributed by atoms with Gasteiger partial charge in [-0.2, -0.15) is 0 Å². The minimum Gasteiger partial charge on any atom is -0.412 e. The molecule has 2 rings (SSSR count). The fourth-order valence-corrected chi connectivity index (χ4v) is 1.59. The van der Waals surface area contributed by atoms with E-state index in [2.05, 4.69) is 0 Å². The van der Waals surface area contributed by atoms with Crippen molar-refractivity contribution in [1.82, 2.24) is 0 Å². The lowest BCUT2D eigenvalue weighted by atomic mass is 9.93. The molecule has 0 aliphatic heterocycles. The van der Waals surface area contributed by atoms with Crippen molar-refractivity contribution in [3.63, 3.8) is 0 Å². The van der Waals surface area contributed by atoms with E-state index < -0.39 is 5.66 Å². The van der Waals surface area contributed by atoms with Crippen LogP contribution >= 0.6 is 0 Å². The van der Waals surface area contributed by atoms with Crippen LogP contribution in [0.4, 0.5) is 0 Å². The molecular formula is C13H16N2O. The molecule has 0 saturated heterocycles. The van der Waals surface area contributed by atoms with E-state index in [9.17, 15) is 0 Å². The molecule has 0 radical (unpaired) electrons. The van der Waals surface area contributed by atoms with E-state index in [4.69, 9.17) is 11.5 Å². The maximum absolute atomic E-state index is 6.14. The van der Waals surface area contributed by atoms with Gasteiger partial charge in [0.1, 0.15) is 5.66 Å². The largest absolute Gasteiger partial charge is 0.412 e. The highest BCUT2D eigenvalue weighted by Crippen LogP contribution is 2.20. The lowest BCUT2D eigenvalue weighted by Gasteiger charge is -2.25. The first kappa shape index (κ1) is 12.4. The van der Waals surface area contributed by atoms with Gasteiger partial charge >= 0.3 is 0 Å². The average Bonchev–Trinajstić information content (AvgIpc) is 2.31. The topological polar surface area (TPSA) is 83.5 Å². The average molecular weight is 216 g/mol. The molecule has 0 aliphatic rings. The standard InChI is InChI=1S/C13H14N2.H2O/c14-13(15,11-7-3-1-4-8-11)12-9-5-2-6-10-12;/h1-10H,14-15H2;1H2. The first-order valence-electron chi connectivity index (χ1n) is 4.90. The van der Waals surface area contributed by atoms with Crippen LogP contribution < -0.4 is 11.5 Å². The number of hydrogen-bond acceptors (Lipinski definition) is 2. The molecule has 2 aromatic carbocycles. The third-order valence-corrected chi connectivity index (χ3v) is 2.50. The normalized spacial score (nSPS) is 10.6. The molecule has 0 aromatic heterocycles. The fourth-order valence-electron chi connectivity index (χ4n) is 1.59. The van der Waals surface area contributed by atoms with Gasteiger partial charge in [0.15, 0.2) is 0 Å². The summed E-state index contributed by atoms with van der Waals surface area (Å²) in [6.45, 7) is 0. The summed E-state index contributed by atoms with van der Waals surface area (Å²) in [4.78, 5) is 0. The van der Waals surface area contributed by atoms with Gasteiger partial charge in [0, 0.05) is 0 Å². The van der Waals surface area contributed by atoms with Crippen molar-refractivity contribution in [3.05, 3.63) is 71.8 Å². The summed E-state index contributed by atoms with van der Waals surface area (Å²) in [6.07, 6.45) is 0. The SMILES string of the molecule is NC(N)(c1ccccc1)c1ccccc1.O. The molecule has 0 atom stereocenters. The monoisotopic (exact) mass is 216 g/mol. The number of rotatable bonds is 2. The van der Waals surface area contributed by atoms with Crippen LogP contribution in [0.1, 0.15) is 11.1 Å². The summed E-state index contributed by atoms with van der Waals surface area (Å²) in [7, 11) is 0. The minimum atomic E-state index is -0.914. The van der Waals surface area contributed by atoms with Crippen molar-refractivity contribution >= 4 is 0 Å². The molecule has 0 aliphatic carbocycles. The summed E-state index contributed by atoms with van der Waals surface area (Å²) in [6, 6.07) is 19.4. The van der Waals surface area contributed by atoms with Crippen LogP contribution in [0.15, 0.2) is 60.7 Å². The molecule has 3 nitrogen and oxygen atoms in total. The van der Waals surface area contributed by atoms with Crippen molar-refractivity contribution in [2.75, 3.05) is 0 Å². The summed E-state index contributed by atoms with van der Waals surface area (Å²) in [5.74, 6) is 0. The zero-order chi connectivity index (χ0) is 10.7. The van der Waals surface area contributed by atoms with E-state index in [1.165, 1.54) is 0 Å². The Labute approximate surface area is 95.0 Å². The van der Waals surface area contributed by atoms with E-state index in [1.54, 1.807) is 0 Å². The number of hydrogen-bond donors (Lipinski definition) is 2. The number of nitrogens with two attached hydrogens (primary N) is 2. The van der Waals surface area contributed by atoms with Crippen molar-refractivity contribution in [1.29, 1.82) is 0 Å². The molecule has 16 heavy (non-hydrogen) atoms. The molecule has 0 heterocycles. The van der Waals surface area contributed by atoms with Gasteiger partial charge in [-0.3, -0.25) is 0 Å². The van der Waals surface area contributed by atoms with Gasteiger partial charge in [-0.15, -0.1) is 0 Å². The maximum Gasteiger partial charge on any atom is 0.116 e. The fraction of sp³-hybridized carbons (Fsp3) is 0.0769. The molecule has 0 saturated carbocycles. The van der Waals surface area contributed by atoms with E-state index in [-0.39, 0.29) is 5.48 Å². The van der Waals surface area contributed by atoms with Crippen LogP contribution in [-0.4, -0.2) is 5.48 Å². The molecule has 84 valence electrons. The molecule has 0 amide bonds. The Balaban J connectivity index is 0.00000128. The lowest BCUT2D eigenvalue weighted by molar-refractivity contribution is 0.567. The molecule has 2 aromatic rings. The molecule has 0 unspecified atom stereocenters. The van der Waals surface area contributed by atoms with Gasteiger partial charge in [0.2, 0.25) is 0 Å². The molecule has 0 spiro atoms. The Kier molecular flexibility index (Phi) is 3.79. The Morgan fingerprint density at radius 2 is 0.938 bits per heavy atom. The first-order chi connectivity index (χ1) is 7.21. The zero-order valence-electron chi connectivity index (χ0n) is 8.93. The summed E-state index contributed by atoms with van der Waals surface area (Å²) in [5.41, 5.74) is 13.2. The van der Waals surface area contributed by atoms with Crippen LogP contribution in [0.5, 0.6) is 0 Å². The predicted molar refractivity (Wildman–Crippen MR) is 65.7 cm³/mol. The van der Waals surface area contributed by atoms with E-state index in [1.807, 2.05) is 60.7 Å². The van der Waals surface area contributed by atoms with Gasteiger partial charge < -0.3 is 16.9 Å². The number of benzene rings is 2. The Morgan fingerprint density at radius 3 is 1.25 bits per heavy atom. The van der Waals surface area contributed by atoms with Crippen molar-refractivity contribution in [2.45, 2.75) is 5.66 Å². The highest BCUT2D eigenvalue weighted by atomic mass is 16.0. The lowest BCUT2D eigenvalue weighted by Crippen LogP contribution is -2.46. The van der Waals surface area contributed by atoms with Crippen LogP contribution in [0, 0.1) is 0 Å². The van der Waals surface area contributed by atoms with Gasteiger partial charge in [-0.05, 0) is 11.1 Å². The molecule has 0 bridgehead atoms. The van der Waals surface area contributed by atoms with Gasteiger partial charge in [0.25, 0.3) is 0 Å².